The van der Waals surface area contributed by atoms with E-state index in [1.807, 2.05) is 0 Å². The molecule has 0 fully saturated rings. The van der Waals surface area contributed by atoms with Crippen molar-refractivity contribution in [3.63, 3.8) is 0 Å². The van der Waals surface area contributed by atoms with Crippen LogP contribution < -0.4 is 10.5 Å². The molecule has 0 saturated carbocycles. The summed E-state index contributed by atoms with van der Waals surface area (Å²) < 4.78 is 40.0. The largest absolute Gasteiger partial charge is 0.573 e. The van der Waals surface area contributed by atoms with Crippen LogP contribution in [0.1, 0.15) is 17.3 Å². The number of alkyl halides is 3. The summed E-state index contributed by atoms with van der Waals surface area (Å²) in [4.78, 5) is 0. The fraction of sp³-hybridized carbons (Fsp3) is 0.200. The molecule has 1 heterocycles. The molecule has 18 heavy (non-hydrogen) atoms. The van der Waals surface area contributed by atoms with Crippen molar-refractivity contribution in [3.8, 4) is 5.75 Å². The summed E-state index contributed by atoms with van der Waals surface area (Å²) in [5, 5.41) is 9.74. The first-order chi connectivity index (χ1) is 8.46. The normalized spacial score (nSPS) is 13.3. The van der Waals surface area contributed by atoms with Crippen molar-refractivity contribution in [2.75, 3.05) is 0 Å². The lowest BCUT2D eigenvalue weighted by atomic mass is 10.1. The summed E-state index contributed by atoms with van der Waals surface area (Å²) in [6.07, 6.45) is -3.32. The minimum absolute atomic E-state index is 0.320. The smallest absolute Gasteiger partial charge is 0.406 e. The topological polar surface area (TPSA) is 76.8 Å². The molecule has 1 atom stereocenters. The van der Waals surface area contributed by atoms with Gasteiger partial charge in [-0.15, -0.1) is 13.2 Å². The van der Waals surface area contributed by atoms with Gasteiger partial charge in [-0.3, -0.25) is 0 Å². The molecule has 0 amide bonds. The van der Waals surface area contributed by atoms with Crippen LogP contribution in [-0.4, -0.2) is 21.8 Å². The molecule has 0 aliphatic heterocycles. The zero-order valence-electron chi connectivity index (χ0n) is 8.98. The van der Waals surface area contributed by atoms with Crippen LogP contribution in [0.4, 0.5) is 13.2 Å². The Morgan fingerprint density at radius 2 is 2.11 bits per heavy atom. The number of aromatic amines is 1. The SMILES string of the molecule is NC(c1cccc(OC(F)(F)F)c1)c1cn[nH]n1. The summed E-state index contributed by atoms with van der Waals surface area (Å²) in [5.41, 5.74) is 6.71. The molecule has 0 bridgehead atoms. The van der Waals surface area contributed by atoms with E-state index in [-0.39, 0.29) is 5.75 Å². The summed E-state index contributed by atoms with van der Waals surface area (Å²) in [6.45, 7) is 0. The summed E-state index contributed by atoms with van der Waals surface area (Å²) in [5.74, 6) is -0.320. The predicted molar refractivity (Wildman–Crippen MR) is 55.5 cm³/mol. The van der Waals surface area contributed by atoms with Gasteiger partial charge in [-0.05, 0) is 17.7 Å². The number of rotatable bonds is 3. The molecule has 1 aromatic carbocycles. The van der Waals surface area contributed by atoms with Crippen LogP contribution in [0.15, 0.2) is 30.5 Å². The Labute approximate surface area is 99.8 Å². The van der Waals surface area contributed by atoms with E-state index in [1.54, 1.807) is 6.07 Å². The quantitative estimate of drug-likeness (QED) is 0.879. The Hall–Kier alpha value is -2.09. The van der Waals surface area contributed by atoms with E-state index in [1.165, 1.54) is 24.4 Å². The number of nitrogens with zero attached hydrogens (tertiary/aromatic N) is 2. The second kappa shape index (κ2) is 4.65. The van der Waals surface area contributed by atoms with Crippen molar-refractivity contribution in [1.29, 1.82) is 0 Å². The number of hydrogen-bond donors (Lipinski definition) is 2. The monoisotopic (exact) mass is 258 g/mol. The van der Waals surface area contributed by atoms with Crippen molar-refractivity contribution in [1.82, 2.24) is 15.4 Å². The standard InChI is InChI=1S/C10H9F3N4O/c11-10(12,13)18-7-3-1-2-6(4-7)9(14)8-5-15-17-16-8/h1-5,9H,14H2,(H,15,16,17). The summed E-state index contributed by atoms with van der Waals surface area (Å²) >= 11 is 0. The number of halogens is 3. The molecule has 96 valence electrons. The Balaban J connectivity index is 2.22. The van der Waals surface area contributed by atoms with Gasteiger partial charge in [0, 0.05) is 0 Å². The van der Waals surface area contributed by atoms with Gasteiger partial charge >= 0.3 is 6.36 Å². The van der Waals surface area contributed by atoms with Crippen LogP contribution in [0.25, 0.3) is 0 Å². The molecule has 2 aromatic rings. The van der Waals surface area contributed by atoms with E-state index in [0.717, 1.165) is 0 Å². The van der Waals surface area contributed by atoms with Crippen LogP contribution in [-0.2, 0) is 0 Å². The first kappa shape index (κ1) is 12.4. The van der Waals surface area contributed by atoms with Gasteiger partial charge in [0.2, 0.25) is 0 Å². The first-order valence-electron chi connectivity index (χ1n) is 4.92. The molecule has 8 heteroatoms. The average Bonchev–Trinajstić information content (AvgIpc) is 2.79. The van der Waals surface area contributed by atoms with E-state index < -0.39 is 12.4 Å². The third-order valence-corrected chi connectivity index (χ3v) is 2.20. The molecule has 0 saturated heterocycles. The van der Waals surface area contributed by atoms with Crippen LogP contribution in [0.3, 0.4) is 0 Å². The Morgan fingerprint density at radius 1 is 1.33 bits per heavy atom. The molecule has 2 rings (SSSR count). The van der Waals surface area contributed by atoms with Crippen LogP contribution in [0.5, 0.6) is 5.75 Å². The minimum atomic E-state index is -4.73. The number of H-pyrrole nitrogens is 1. The molecule has 0 spiro atoms. The van der Waals surface area contributed by atoms with Gasteiger partial charge in [-0.2, -0.15) is 15.4 Å². The zero-order valence-corrected chi connectivity index (χ0v) is 8.98. The van der Waals surface area contributed by atoms with E-state index in [4.69, 9.17) is 5.73 Å². The molecule has 1 aromatic heterocycles. The maximum atomic E-state index is 12.1. The predicted octanol–water partition coefficient (Wildman–Crippen LogP) is 1.75. The average molecular weight is 258 g/mol. The molecule has 1 unspecified atom stereocenters. The summed E-state index contributed by atoms with van der Waals surface area (Å²) in [7, 11) is 0. The zero-order chi connectivity index (χ0) is 13.2. The van der Waals surface area contributed by atoms with Crippen molar-refractivity contribution < 1.29 is 17.9 Å². The highest BCUT2D eigenvalue weighted by molar-refractivity contribution is 5.33. The Morgan fingerprint density at radius 3 is 2.72 bits per heavy atom. The second-order valence-electron chi connectivity index (χ2n) is 3.49. The second-order valence-corrected chi connectivity index (χ2v) is 3.49. The number of hydrogen-bond acceptors (Lipinski definition) is 4. The number of aromatic nitrogens is 3. The van der Waals surface area contributed by atoms with Gasteiger partial charge in [-0.25, -0.2) is 0 Å². The number of benzene rings is 1. The van der Waals surface area contributed by atoms with Gasteiger partial charge in [0.25, 0.3) is 0 Å². The third-order valence-electron chi connectivity index (χ3n) is 2.20. The van der Waals surface area contributed by atoms with Crippen molar-refractivity contribution in [3.05, 3.63) is 41.7 Å². The fourth-order valence-electron chi connectivity index (χ4n) is 1.44. The van der Waals surface area contributed by atoms with Crippen molar-refractivity contribution in [2.24, 2.45) is 5.73 Å². The number of nitrogens with two attached hydrogens (primary N) is 1. The first-order valence-corrected chi connectivity index (χ1v) is 4.92. The van der Waals surface area contributed by atoms with Crippen molar-refractivity contribution in [2.45, 2.75) is 12.4 Å². The molecule has 5 nitrogen and oxygen atoms in total. The molecular weight excluding hydrogens is 249 g/mol. The maximum Gasteiger partial charge on any atom is 0.573 e. The lowest BCUT2D eigenvalue weighted by Gasteiger charge is -2.12. The van der Waals surface area contributed by atoms with Gasteiger partial charge in [0.05, 0.1) is 12.2 Å². The fourth-order valence-corrected chi connectivity index (χ4v) is 1.44. The lowest BCUT2D eigenvalue weighted by molar-refractivity contribution is -0.274. The highest BCUT2D eigenvalue weighted by Gasteiger charge is 2.31. The van der Waals surface area contributed by atoms with E-state index in [2.05, 4.69) is 20.1 Å². The number of ether oxygens (including phenoxy) is 1. The van der Waals surface area contributed by atoms with Crippen LogP contribution in [0, 0.1) is 0 Å². The lowest BCUT2D eigenvalue weighted by Crippen LogP contribution is -2.18. The van der Waals surface area contributed by atoms with Gasteiger partial charge in [-0.1, -0.05) is 12.1 Å². The Kier molecular flexibility index (Phi) is 3.19. The third kappa shape index (κ3) is 2.98. The van der Waals surface area contributed by atoms with E-state index >= 15 is 0 Å². The van der Waals surface area contributed by atoms with Gasteiger partial charge < -0.3 is 10.5 Å². The molecule has 0 radical (unpaired) electrons. The van der Waals surface area contributed by atoms with Gasteiger partial charge in [0.15, 0.2) is 0 Å². The molecule has 0 aliphatic carbocycles. The summed E-state index contributed by atoms with van der Waals surface area (Å²) in [6, 6.07) is 4.76. The highest BCUT2D eigenvalue weighted by atomic mass is 19.4. The van der Waals surface area contributed by atoms with E-state index in [0.29, 0.717) is 11.3 Å². The Bertz CT molecular complexity index is 512. The van der Waals surface area contributed by atoms with Gasteiger partial charge in [0.1, 0.15) is 11.4 Å². The van der Waals surface area contributed by atoms with E-state index in [9.17, 15) is 13.2 Å². The van der Waals surface area contributed by atoms with Crippen molar-refractivity contribution >= 4 is 0 Å². The maximum absolute atomic E-state index is 12.1. The molecule has 3 N–H and O–H groups in total. The molecular formula is C10H9F3N4O. The number of nitrogens with one attached hydrogen (secondary N) is 1. The minimum Gasteiger partial charge on any atom is -0.406 e. The van der Waals surface area contributed by atoms with Crippen LogP contribution >= 0.6 is 0 Å². The molecule has 0 aliphatic rings. The van der Waals surface area contributed by atoms with Crippen LogP contribution in [0.2, 0.25) is 0 Å². The highest BCUT2D eigenvalue weighted by Crippen LogP contribution is 2.26.